The van der Waals surface area contributed by atoms with E-state index >= 15 is 0 Å². The summed E-state index contributed by atoms with van der Waals surface area (Å²) in [6.45, 7) is 0. The highest BCUT2D eigenvalue weighted by molar-refractivity contribution is 7.12. The van der Waals surface area contributed by atoms with E-state index in [1.165, 1.54) is 42.0 Å². The number of aliphatic hydroxyl groups is 1. The average molecular weight is 277 g/mol. The molecule has 1 N–H and O–H groups in total. The molecule has 19 heavy (non-hydrogen) atoms. The Hall–Kier alpha value is -1.26. The van der Waals surface area contributed by atoms with E-state index in [4.69, 9.17) is 0 Å². The zero-order valence-corrected chi connectivity index (χ0v) is 11.4. The predicted molar refractivity (Wildman–Crippen MR) is 73.8 cm³/mol. The first-order chi connectivity index (χ1) is 9.24. The van der Waals surface area contributed by atoms with Crippen LogP contribution in [-0.2, 0) is 12.8 Å². The van der Waals surface area contributed by atoms with Gasteiger partial charge in [0.2, 0.25) is 0 Å². The van der Waals surface area contributed by atoms with Gasteiger partial charge >= 0.3 is 0 Å². The fourth-order valence-electron chi connectivity index (χ4n) is 2.57. The molecule has 0 radical (unpaired) electrons. The fraction of sp³-hybridized carbons (Fsp3) is 0.400. The SMILES string of the molecule is OC(c1cncc(F)c1)c1cc2c(s1)CCCCC2. The van der Waals surface area contributed by atoms with E-state index in [1.807, 2.05) is 0 Å². The van der Waals surface area contributed by atoms with Gasteiger partial charge in [0, 0.05) is 21.5 Å². The Labute approximate surface area is 115 Å². The summed E-state index contributed by atoms with van der Waals surface area (Å²) in [5, 5.41) is 10.3. The van der Waals surface area contributed by atoms with Gasteiger partial charge in [-0.25, -0.2) is 4.39 Å². The van der Waals surface area contributed by atoms with Gasteiger partial charge in [-0.1, -0.05) is 6.42 Å². The molecule has 2 aromatic heterocycles. The fourth-order valence-corrected chi connectivity index (χ4v) is 3.84. The topological polar surface area (TPSA) is 33.1 Å². The lowest BCUT2D eigenvalue weighted by Crippen LogP contribution is -1.98. The molecule has 0 aromatic carbocycles. The van der Waals surface area contributed by atoms with E-state index in [1.54, 1.807) is 11.3 Å². The Bertz CT molecular complexity index is 558. The summed E-state index contributed by atoms with van der Waals surface area (Å²) < 4.78 is 13.2. The maximum atomic E-state index is 13.2. The van der Waals surface area contributed by atoms with Gasteiger partial charge in [0.1, 0.15) is 11.9 Å². The van der Waals surface area contributed by atoms with E-state index in [0.717, 1.165) is 23.9 Å². The molecule has 0 spiro atoms. The van der Waals surface area contributed by atoms with Crippen molar-refractivity contribution in [1.29, 1.82) is 0 Å². The minimum Gasteiger partial charge on any atom is -0.383 e. The molecule has 0 aliphatic heterocycles. The van der Waals surface area contributed by atoms with E-state index in [-0.39, 0.29) is 0 Å². The normalized spacial score (nSPS) is 16.7. The van der Waals surface area contributed by atoms with Crippen molar-refractivity contribution in [2.75, 3.05) is 0 Å². The van der Waals surface area contributed by atoms with Crippen molar-refractivity contribution >= 4 is 11.3 Å². The van der Waals surface area contributed by atoms with Gasteiger partial charge in [-0.3, -0.25) is 4.98 Å². The molecule has 0 amide bonds. The lowest BCUT2D eigenvalue weighted by atomic mass is 10.1. The standard InChI is InChI=1S/C15H16FNOS/c16-12-6-11(8-17-9-12)15(18)14-7-10-4-2-1-3-5-13(10)19-14/h6-9,15,18H,1-5H2. The van der Waals surface area contributed by atoms with E-state index in [2.05, 4.69) is 11.1 Å². The molecule has 0 saturated carbocycles. The molecule has 3 rings (SSSR count). The summed E-state index contributed by atoms with van der Waals surface area (Å²) in [6, 6.07) is 3.43. The molecule has 2 aromatic rings. The molecule has 0 fully saturated rings. The molecule has 100 valence electrons. The summed E-state index contributed by atoms with van der Waals surface area (Å²) in [5.74, 6) is -0.408. The highest BCUT2D eigenvalue weighted by Gasteiger charge is 2.18. The number of aromatic nitrogens is 1. The summed E-state index contributed by atoms with van der Waals surface area (Å²) in [7, 11) is 0. The van der Waals surface area contributed by atoms with Crippen LogP contribution in [-0.4, -0.2) is 10.1 Å². The molecule has 0 saturated heterocycles. The lowest BCUT2D eigenvalue weighted by Gasteiger charge is -2.08. The molecule has 4 heteroatoms. The molecule has 1 unspecified atom stereocenters. The Morgan fingerprint density at radius 1 is 1.16 bits per heavy atom. The van der Waals surface area contributed by atoms with Crippen LogP contribution in [0.3, 0.4) is 0 Å². The number of thiophene rings is 1. The van der Waals surface area contributed by atoms with Crippen molar-refractivity contribution < 1.29 is 9.50 Å². The third-order valence-electron chi connectivity index (χ3n) is 3.58. The minimum absolute atomic E-state index is 0.408. The van der Waals surface area contributed by atoms with E-state index < -0.39 is 11.9 Å². The molecule has 1 aliphatic carbocycles. The van der Waals surface area contributed by atoms with Crippen LogP contribution in [0.15, 0.2) is 24.5 Å². The molecule has 0 bridgehead atoms. The van der Waals surface area contributed by atoms with Gasteiger partial charge in [0.05, 0.1) is 6.20 Å². The predicted octanol–water partition coefficient (Wildman–Crippen LogP) is 3.63. The van der Waals surface area contributed by atoms with E-state index in [9.17, 15) is 9.50 Å². The second-order valence-corrected chi connectivity index (χ2v) is 6.17. The molecule has 1 aliphatic rings. The number of fused-ring (bicyclic) bond motifs is 1. The highest BCUT2D eigenvalue weighted by atomic mass is 32.1. The smallest absolute Gasteiger partial charge is 0.141 e. The van der Waals surface area contributed by atoms with Crippen LogP contribution in [0.25, 0.3) is 0 Å². The zero-order valence-electron chi connectivity index (χ0n) is 10.6. The number of aryl methyl sites for hydroxylation is 2. The number of hydrogen-bond acceptors (Lipinski definition) is 3. The summed E-state index contributed by atoms with van der Waals surface area (Å²) in [4.78, 5) is 6.08. The van der Waals surface area contributed by atoms with Crippen molar-refractivity contribution in [2.45, 2.75) is 38.2 Å². The van der Waals surface area contributed by atoms with Crippen molar-refractivity contribution in [1.82, 2.24) is 4.98 Å². The van der Waals surface area contributed by atoms with Crippen molar-refractivity contribution in [3.05, 3.63) is 51.2 Å². The third kappa shape index (κ3) is 2.69. The van der Waals surface area contributed by atoms with Gasteiger partial charge in [-0.15, -0.1) is 11.3 Å². The van der Waals surface area contributed by atoms with Crippen molar-refractivity contribution in [2.24, 2.45) is 0 Å². The zero-order chi connectivity index (χ0) is 13.2. The van der Waals surface area contributed by atoms with Gasteiger partial charge < -0.3 is 5.11 Å². The maximum Gasteiger partial charge on any atom is 0.141 e. The van der Waals surface area contributed by atoms with Crippen molar-refractivity contribution in [3.8, 4) is 0 Å². The quantitative estimate of drug-likeness (QED) is 0.850. The second kappa shape index (κ2) is 5.39. The minimum atomic E-state index is -0.764. The molecule has 2 heterocycles. The van der Waals surface area contributed by atoms with Crippen molar-refractivity contribution in [3.63, 3.8) is 0 Å². The Balaban J connectivity index is 1.90. The Morgan fingerprint density at radius 2 is 2.00 bits per heavy atom. The highest BCUT2D eigenvalue weighted by Crippen LogP contribution is 2.34. The van der Waals surface area contributed by atoms with Gasteiger partial charge in [0.15, 0.2) is 0 Å². The van der Waals surface area contributed by atoms with Crippen LogP contribution in [0.5, 0.6) is 0 Å². The number of nitrogens with zero attached hydrogens (tertiary/aromatic N) is 1. The van der Waals surface area contributed by atoms with Gasteiger partial charge in [0.25, 0.3) is 0 Å². The van der Waals surface area contributed by atoms with Gasteiger partial charge in [-0.05, 0) is 43.4 Å². The number of hydrogen-bond donors (Lipinski definition) is 1. The number of pyridine rings is 1. The molecular formula is C15H16FNOS. The van der Waals surface area contributed by atoms with Crippen LogP contribution >= 0.6 is 11.3 Å². The van der Waals surface area contributed by atoms with Crippen LogP contribution in [0.1, 0.15) is 46.2 Å². The van der Waals surface area contributed by atoms with Crippen LogP contribution < -0.4 is 0 Å². The summed E-state index contributed by atoms with van der Waals surface area (Å²) >= 11 is 1.66. The monoisotopic (exact) mass is 277 g/mol. The summed E-state index contributed by atoms with van der Waals surface area (Å²) in [6.07, 6.45) is 7.85. The van der Waals surface area contributed by atoms with Crippen LogP contribution in [0, 0.1) is 5.82 Å². The third-order valence-corrected chi connectivity index (χ3v) is 4.87. The van der Waals surface area contributed by atoms with Crippen LogP contribution in [0.2, 0.25) is 0 Å². The number of rotatable bonds is 2. The first kappa shape index (κ1) is 12.8. The van der Waals surface area contributed by atoms with Gasteiger partial charge in [-0.2, -0.15) is 0 Å². The maximum absolute atomic E-state index is 13.2. The molecular weight excluding hydrogens is 261 g/mol. The summed E-state index contributed by atoms with van der Waals surface area (Å²) in [5.41, 5.74) is 1.89. The van der Waals surface area contributed by atoms with E-state index in [0.29, 0.717) is 5.56 Å². The number of halogens is 1. The largest absolute Gasteiger partial charge is 0.383 e. The average Bonchev–Trinajstić information content (AvgIpc) is 2.69. The second-order valence-electron chi connectivity index (χ2n) is 5.00. The lowest BCUT2D eigenvalue weighted by molar-refractivity contribution is 0.223. The first-order valence-electron chi connectivity index (χ1n) is 6.64. The Morgan fingerprint density at radius 3 is 2.84 bits per heavy atom. The molecule has 2 nitrogen and oxygen atoms in total. The first-order valence-corrected chi connectivity index (χ1v) is 7.45. The molecule has 1 atom stereocenters. The van der Waals surface area contributed by atoms with Crippen LogP contribution in [0.4, 0.5) is 4.39 Å². The number of aliphatic hydroxyl groups excluding tert-OH is 1. The Kier molecular flexibility index (Phi) is 3.62.